The van der Waals surface area contributed by atoms with Gasteiger partial charge in [-0.15, -0.1) is 11.3 Å². The zero-order valence-corrected chi connectivity index (χ0v) is 25.1. The van der Waals surface area contributed by atoms with Crippen LogP contribution in [0, 0.1) is 0 Å². The number of hydrazone groups is 1. The molecule has 212 valence electrons. The number of hydrogen-bond acceptors (Lipinski definition) is 7. The van der Waals surface area contributed by atoms with Crippen LogP contribution >= 0.6 is 23.1 Å². The summed E-state index contributed by atoms with van der Waals surface area (Å²) >= 11 is 2.82. The van der Waals surface area contributed by atoms with Crippen LogP contribution in [0.3, 0.4) is 0 Å². The van der Waals surface area contributed by atoms with Crippen molar-refractivity contribution in [3.8, 4) is 22.6 Å². The predicted octanol–water partition coefficient (Wildman–Crippen LogP) is 6.63. The molecule has 2 heterocycles. The van der Waals surface area contributed by atoms with Gasteiger partial charge < -0.3 is 4.74 Å². The van der Waals surface area contributed by atoms with E-state index in [0.717, 1.165) is 52.1 Å². The predicted molar refractivity (Wildman–Crippen MR) is 171 cm³/mol. The van der Waals surface area contributed by atoms with Crippen LogP contribution in [0.2, 0.25) is 0 Å². The first-order chi connectivity index (χ1) is 20.5. The number of nitrogens with zero attached hydrogens (tertiary/aromatic N) is 3. The lowest BCUT2D eigenvalue weighted by Gasteiger charge is -2.13. The van der Waals surface area contributed by atoms with Crippen molar-refractivity contribution in [1.29, 1.82) is 0 Å². The molecule has 0 unspecified atom stereocenters. The molecule has 0 spiro atoms. The number of aromatic nitrogens is 2. The first-order valence-corrected chi connectivity index (χ1v) is 15.7. The van der Waals surface area contributed by atoms with Crippen molar-refractivity contribution < 1.29 is 9.53 Å². The number of benzene rings is 3. The molecule has 0 atom stereocenters. The lowest BCUT2D eigenvalue weighted by Crippen LogP contribution is -2.24. The summed E-state index contributed by atoms with van der Waals surface area (Å²) in [6.45, 7) is 4.35. The third-order valence-electron chi connectivity index (χ3n) is 7.20. The average Bonchev–Trinajstić information content (AvgIpc) is 3.61. The maximum Gasteiger partial charge on any atom is 0.267 e. The molecule has 0 saturated carbocycles. The number of nitrogens with one attached hydrogen (secondary N) is 1. The van der Waals surface area contributed by atoms with Crippen LogP contribution in [-0.4, -0.2) is 33.5 Å². The summed E-state index contributed by atoms with van der Waals surface area (Å²) in [5.74, 6) is 0.516. The van der Waals surface area contributed by atoms with Crippen molar-refractivity contribution in [2.75, 3.05) is 12.4 Å². The number of hydrogen-bond donors (Lipinski definition) is 1. The summed E-state index contributed by atoms with van der Waals surface area (Å²) in [5.41, 5.74) is 8.26. The Kier molecular flexibility index (Phi) is 8.21. The highest BCUT2D eigenvalue weighted by Gasteiger charge is 2.24. The van der Waals surface area contributed by atoms with Crippen LogP contribution < -0.4 is 15.7 Å². The van der Waals surface area contributed by atoms with Crippen molar-refractivity contribution in [3.05, 3.63) is 105 Å². The number of ether oxygens (including phenoxy) is 1. The molecule has 1 aliphatic rings. The second-order valence-corrected chi connectivity index (χ2v) is 12.0. The Morgan fingerprint density at radius 1 is 1.02 bits per heavy atom. The average molecular weight is 595 g/mol. The van der Waals surface area contributed by atoms with Gasteiger partial charge in [-0.25, -0.2) is 10.4 Å². The van der Waals surface area contributed by atoms with Gasteiger partial charge in [0.1, 0.15) is 10.6 Å². The van der Waals surface area contributed by atoms with E-state index in [-0.39, 0.29) is 17.2 Å². The summed E-state index contributed by atoms with van der Waals surface area (Å²) in [6, 6.07) is 25.6. The monoisotopic (exact) mass is 594 g/mol. The SMILES string of the molecule is CCOc1ccc(-n2c(SCC(=O)NN=C(C)c3ccc(-c4ccccc4)cc3)nc3sc4c(c3c2=O)CCC4)cc1. The third kappa shape index (κ3) is 5.75. The normalized spacial score (nSPS) is 12.9. The van der Waals surface area contributed by atoms with E-state index >= 15 is 0 Å². The van der Waals surface area contributed by atoms with Crippen LogP contribution in [0.5, 0.6) is 5.75 Å². The van der Waals surface area contributed by atoms with Gasteiger partial charge in [-0.2, -0.15) is 5.10 Å². The lowest BCUT2D eigenvalue weighted by atomic mass is 10.0. The zero-order valence-electron chi connectivity index (χ0n) is 23.4. The molecular weight excluding hydrogens is 565 g/mol. The first kappa shape index (κ1) is 27.9. The van der Waals surface area contributed by atoms with Crippen molar-refractivity contribution in [2.24, 2.45) is 5.10 Å². The molecule has 1 amide bonds. The maximum absolute atomic E-state index is 13.9. The van der Waals surface area contributed by atoms with Gasteiger partial charge in [0, 0.05) is 4.88 Å². The number of fused-ring (bicyclic) bond motifs is 3. The van der Waals surface area contributed by atoms with Crippen LogP contribution in [0.1, 0.15) is 36.3 Å². The molecule has 2 aromatic heterocycles. The van der Waals surface area contributed by atoms with E-state index in [0.29, 0.717) is 28.5 Å². The molecule has 6 rings (SSSR count). The van der Waals surface area contributed by atoms with E-state index < -0.39 is 0 Å². The summed E-state index contributed by atoms with van der Waals surface area (Å²) in [6.07, 6.45) is 2.94. The van der Waals surface area contributed by atoms with E-state index in [4.69, 9.17) is 9.72 Å². The number of thioether (sulfide) groups is 1. The molecule has 0 aliphatic heterocycles. The Bertz CT molecular complexity index is 1830. The topological polar surface area (TPSA) is 85.6 Å². The Hall–Kier alpha value is -4.21. The fourth-order valence-electron chi connectivity index (χ4n) is 5.11. The highest BCUT2D eigenvalue weighted by molar-refractivity contribution is 7.99. The Balaban J connectivity index is 1.21. The Labute approximate surface area is 252 Å². The summed E-state index contributed by atoms with van der Waals surface area (Å²) < 4.78 is 7.20. The highest BCUT2D eigenvalue weighted by atomic mass is 32.2. The van der Waals surface area contributed by atoms with Crippen molar-refractivity contribution in [1.82, 2.24) is 15.0 Å². The fourth-order valence-corrected chi connectivity index (χ4v) is 7.22. The Morgan fingerprint density at radius 2 is 1.76 bits per heavy atom. The summed E-state index contributed by atoms with van der Waals surface area (Å²) in [4.78, 5) is 33.6. The molecule has 0 fully saturated rings. The molecule has 1 N–H and O–H groups in total. The van der Waals surface area contributed by atoms with Gasteiger partial charge in [0.2, 0.25) is 0 Å². The van der Waals surface area contributed by atoms with Crippen LogP contribution in [0.15, 0.2) is 93.9 Å². The number of amides is 1. The van der Waals surface area contributed by atoms with Gasteiger partial charge in [-0.1, -0.05) is 66.4 Å². The van der Waals surface area contributed by atoms with E-state index in [1.165, 1.54) is 16.6 Å². The first-order valence-electron chi connectivity index (χ1n) is 13.9. The van der Waals surface area contributed by atoms with Gasteiger partial charge in [0.25, 0.3) is 11.5 Å². The van der Waals surface area contributed by atoms with Gasteiger partial charge in [-0.05, 0) is 79.6 Å². The van der Waals surface area contributed by atoms with E-state index in [2.05, 4.69) is 22.7 Å². The summed E-state index contributed by atoms with van der Waals surface area (Å²) in [5, 5.41) is 5.50. The highest BCUT2D eigenvalue weighted by Crippen LogP contribution is 2.36. The molecule has 5 aromatic rings. The van der Waals surface area contributed by atoms with Crippen molar-refractivity contribution in [3.63, 3.8) is 0 Å². The fraction of sp³-hybridized carbons (Fsp3) is 0.212. The second-order valence-electron chi connectivity index (χ2n) is 9.96. The van der Waals surface area contributed by atoms with Gasteiger partial charge in [0.05, 0.1) is 29.1 Å². The van der Waals surface area contributed by atoms with Gasteiger partial charge >= 0.3 is 0 Å². The zero-order chi connectivity index (χ0) is 29.1. The molecular formula is C33H30N4O3S2. The minimum absolute atomic E-state index is 0.0593. The van der Waals surface area contributed by atoms with Gasteiger partial charge in [0.15, 0.2) is 5.16 Å². The van der Waals surface area contributed by atoms with Crippen molar-refractivity contribution in [2.45, 2.75) is 38.3 Å². The number of carbonyl (C=O) groups is 1. The van der Waals surface area contributed by atoms with Crippen LogP contribution in [0.4, 0.5) is 0 Å². The Morgan fingerprint density at radius 3 is 2.50 bits per heavy atom. The molecule has 9 heteroatoms. The number of rotatable bonds is 9. The van der Waals surface area contributed by atoms with E-state index in [1.54, 1.807) is 15.9 Å². The quantitative estimate of drug-likeness (QED) is 0.0896. The second kappa shape index (κ2) is 12.3. The minimum Gasteiger partial charge on any atom is -0.494 e. The molecule has 0 saturated heterocycles. The number of carbonyl (C=O) groups excluding carboxylic acids is 1. The minimum atomic E-state index is -0.276. The molecule has 7 nitrogen and oxygen atoms in total. The molecule has 0 radical (unpaired) electrons. The largest absolute Gasteiger partial charge is 0.494 e. The number of thiophene rings is 1. The maximum atomic E-state index is 13.9. The van der Waals surface area contributed by atoms with E-state index in [1.807, 2.05) is 80.6 Å². The number of aryl methyl sites for hydroxylation is 2. The third-order valence-corrected chi connectivity index (χ3v) is 9.33. The van der Waals surface area contributed by atoms with Gasteiger partial charge in [-0.3, -0.25) is 14.2 Å². The lowest BCUT2D eigenvalue weighted by molar-refractivity contribution is -0.118. The molecule has 1 aliphatic carbocycles. The van der Waals surface area contributed by atoms with Crippen LogP contribution in [-0.2, 0) is 17.6 Å². The molecule has 42 heavy (non-hydrogen) atoms. The van der Waals surface area contributed by atoms with Crippen LogP contribution in [0.25, 0.3) is 27.0 Å². The van der Waals surface area contributed by atoms with E-state index in [9.17, 15) is 9.59 Å². The molecule has 0 bridgehead atoms. The smallest absolute Gasteiger partial charge is 0.267 e. The van der Waals surface area contributed by atoms with Crippen molar-refractivity contribution >= 4 is 44.9 Å². The summed E-state index contributed by atoms with van der Waals surface area (Å²) in [7, 11) is 0. The standard InChI is InChI=1S/C33H30N4O3S2/c1-3-40-26-18-16-25(17-19-26)37-32(39)30-27-10-7-11-28(27)42-31(30)34-33(37)41-20-29(38)36-35-21(2)22-12-14-24(15-13-22)23-8-5-4-6-9-23/h4-6,8-9,12-19H,3,7,10-11,20H2,1-2H3,(H,36,38). The molecule has 3 aromatic carbocycles.